The summed E-state index contributed by atoms with van der Waals surface area (Å²) in [5.41, 5.74) is 11.7. The highest BCUT2D eigenvalue weighted by molar-refractivity contribution is 6.27. The first kappa shape index (κ1) is 34.1. The lowest BCUT2D eigenvalue weighted by molar-refractivity contribution is 1.19. The Labute approximate surface area is 348 Å². The molecule has 2 heteroatoms. The Morgan fingerprint density at radius 2 is 0.783 bits per heavy atom. The third kappa shape index (κ3) is 5.42. The summed E-state index contributed by atoms with van der Waals surface area (Å²) in [6, 6.07) is 84.2. The maximum atomic E-state index is 2.53. The fraction of sp³-hybridized carbons (Fsp3) is 0. The lowest BCUT2D eigenvalue weighted by atomic mass is 9.94. The summed E-state index contributed by atoms with van der Waals surface area (Å²) in [6.07, 6.45) is 0. The molecule has 12 rings (SSSR count). The number of aromatic nitrogens is 1. The second-order valence-corrected chi connectivity index (χ2v) is 15.7. The normalized spacial score (nSPS) is 11.7. The highest BCUT2D eigenvalue weighted by Gasteiger charge is 2.22. The number of para-hydroxylation sites is 2. The third-order valence-corrected chi connectivity index (χ3v) is 12.3. The number of hydrogen-bond donors (Lipinski definition) is 0. The van der Waals surface area contributed by atoms with E-state index in [9.17, 15) is 0 Å². The summed E-state index contributed by atoms with van der Waals surface area (Å²) >= 11 is 0. The highest BCUT2D eigenvalue weighted by atomic mass is 15.1. The van der Waals surface area contributed by atoms with E-state index in [1.165, 1.54) is 87.1 Å². The average molecular weight is 763 g/mol. The van der Waals surface area contributed by atoms with Crippen LogP contribution in [0.2, 0.25) is 0 Å². The van der Waals surface area contributed by atoms with Crippen LogP contribution in [0.3, 0.4) is 0 Å². The van der Waals surface area contributed by atoms with Crippen LogP contribution >= 0.6 is 0 Å². The van der Waals surface area contributed by atoms with Crippen LogP contribution in [0.15, 0.2) is 231 Å². The van der Waals surface area contributed by atoms with Gasteiger partial charge in [0.1, 0.15) is 0 Å². The van der Waals surface area contributed by atoms with Gasteiger partial charge in [0.25, 0.3) is 0 Å². The van der Waals surface area contributed by atoms with E-state index in [2.05, 4.69) is 240 Å². The van der Waals surface area contributed by atoms with Gasteiger partial charge in [0.05, 0.1) is 11.0 Å². The number of benzene rings is 11. The van der Waals surface area contributed by atoms with E-state index in [1.807, 2.05) is 0 Å². The second-order valence-electron chi connectivity index (χ2n) is 15.7. The summed E-state index contributed by atoms with van der Waals surface area (Å²) in [5, 5.41) is 12.6. The Morgan fingerprint density at radius 1 is 0.300 bits per heavy atom. The molecule has 0 atom stereocenters. The Bertz CT molecular complexity index is 3490. The predicted octanol–water partition coefficient (Wildman–Crippen LogP) is 16.2. The summed E-state index contributed by atoms with van der Waals surface area (Å²) < 4.78 is 2.53. The molecule has 0 N–H and O–H groups in total. The molecule has 0 aliphatic carbocycles. The minimum absolute atomic E-state index is 1.11. The van der Waals surface area contributed by atoms with E-state index in [-0.39, 0.29) is 0 Å². The Morgan fingerprint density at radius 3 is 1.42 bits per heavy atom. The quantitative estimate of drug-likeness (QED) is 0.153. The molecule has 0 unspecified atom stereocenters. The molecule has 60 heavy (non-hydrogen) atoms. The fourth-order valence-corrected chi connectivity index (χ4v) is 9.61. The van der Waals surface area contributed by atoms with Gasteiger partial charge in [0.15, 0.2) is 0 Å². The highest BCUT2D eigenvalue weighted by Crippen LogP contribution is 2.46. The van der Waals surface area contributed by atoms with Crippen molar-refractivity contribution in [1.29, 1.82) is 0 Å². The summed E-state index contributed by atoms with van der Waals surface area (Å²) in [6.45, 7) is 0. The van der Waals surface area contributed by atoms with Crippen molar-refractivity contribution in [3.8, 4) is 27.9 Å². The molecule has 2 nitrogen and oxygen atoms in total. The van der Waals surface area contributed by atoms with Gasteiger partial charge in [-0.2, -0.15) is 0 Å². The van der Waals surface area contributed by atoms with Crippen LogP contribution in [0, 0.1) is 0 Å². The maximum Gasteiger partial charge on any atom is 0.0625 e. The molecule has 0 aliphatic heterocycles. The molecule has 280 valence electrons. The van der Waals surface area contributed by atoms with Crippen molar-refractivity contribution in [3.63, 3.8) is 0 Å². The molecule has 0 amide bonds. The Kier molecular flexibility index (Phi) is 7.89. The summed E-state index contributed by atoms with van der Waals surface area (Å²) in [4.78, 5) is 2.32. The minimum atomic E-state index is 1.11. The minimum Gasteiger partial charge on any atom is -0.311 e. The topological polar surface area (TPSA) is 8.17 Å². The van der Waals surface area contributed by atoms with Crippen LogP contribution in [0.5, 0.6) is 0 Å². The molecule has 0 saturated heterocycles. The van der Waals surface area contributed by atoms with Gasteiger partial charge in [-0.05, 0) is 121 Å². The van der Waals surface area contributed by atoms with Crippen molar-refractivity contribution in [1.82, 2.24) is 4.57 Å². The molecular formula is C58H38N2. The number of hydrogen-bond acceptors (Lipinski definition) is 1. The first-order valence-corrected chi connectivity index (χ1v) is 20.7. The van der Waals surface area contributed by atoms with Gasteiger partial charge < -0.3 is 9.47 Å². The number of anilines is 3. The van der Waals surface area contributed by atoms with Gasteiger partial charge in [-0.15, -0.1) is 0 Å². The maximum absolute atomic E-state index is 2.53. The molecule has 11 aromatic carbocycles. The Hall–Kier alpha value is -7.94. The van der Waals surface area contributed by atoms with Crippen molar-refractivity contribution in [3.05, 3.63) is 231 Å². The van der Waals surface area contributed by atoms with Crippen molar-refractivity contribution < 1.29 is 0 Å². The molecule has 0 radical (unpaired) electrons. The van der Waals surface area contributed by atoms with Crippen LogP contribution < -0.4 is 4.90 Å². The SMILES string of the molecule is c1ccc(-c2ccc3c4c(-c5ccc(N(c6ccccc6)c6ccccc6)cc5)cc5ccccc5c4n(-c4ccc5c6ccccc6c6ccccc6c5c4)c3c2)cc1. The zero-order valence-electron chi connectivity index (χ0n) is 32.8. The van der Waals surface area contributed by atoms with E-state index >= 15 is 0 Å². The fourth-order valence-electron chi connectivity index (χ4n) is 9.61. The average Bonchev–Trinajstić information content (AvgIpc) is 3.67. The molecule has 1 heterocycles. The molecule has 0 saturated carbocycles. The number of nitrogens with zero attached hydrogens (tertiary/aromatic N) is 2. The lowest BCUT2D eigenvalue weighted by Crippen LogP contribution is -2.09. The molecule has 0 bridgehead atoms. The third-order valence-electron chi connectivity index (χ3n) is 12.3. The molecule has 0 fully saturated rings. The van der Waals surface area contributed by atoms with Gasteiger partial charge >= 0.3 is 0 Å². The van der Waals surface area contributed by atoms with Gasteiger partial charge in [-0.3, -0.25) is 0 Å². The first-order valence-electron chi connectivity index (χ1n) is 20.7. The first-order chi connectivity index (χ1) is 29.8. The summed E-state index contributed by atoms with van der Waals surface area (Å²) in [7, 11) is 0. The molecule has 0 spiro atoms. The monoisotopic (exact) mass is 762 g/mol. The van der Waals surface area contributed by atoms with Gasteiger partial charge in [0.2, 0.25) is 0 Å². The van der Waals surface area contributed by atoms with Crippen LogP contribution in [-0.4, -0.2) is 4.57 Å². The van der Waals surface area contributed by atoms with Crippen LogP contribution in [0.25, 0.3) is 92.8 Å². The van der Waals surface area contributed by atoms with Crippen LogP contribution in [0.4, 0.5) is 17.1 Å². The molecular weight excluding hydrogens is 725 g/mol. The lowest BCUT2D eigenvalue weighted by Gasteiger charge is -2.25. The number of rotatable bonds is 6. The smallest absolute Gasteiger partial charge is 0.0625 e. The van der Waals surface area contributed by atoms with Crippen LogP contribution in [-0.2, 0) is 0 Å². The van der Waals surface area contributed by atoms with Crippen molar-refractivity contribution >= 4 is 82.0 Å². The number of fused-ring (bicyclic) bond motifs is 11. The van der Waals surface area contributed by atoms with E-state index in [1.54, 1.807) is 0 Å². The zero-order chi connectivity index (χ0) is 39.6. The van der Waals surface area contributed by atoms with E-state index in [0.717, 1.165) is 22.7 Å². The largest absolute Gasteiger partial charge is 0.311 e. The molecule has 0 aliphatic rings. The summed E-state index contributed by atoms with van der Waals surface area (Å²) in [5.74, 6) is 0. The standard InChI is InChI=1S/C58H38N2/c1-4-16-39(17-5-1)41-30-34-53-56(37-41)60(46-33-35-52-50-26-13-12-24-48(50)49-25-14-15-27-51(49)55(52)38-46)58-47-23-11-10-18-42(47)36-54(57(53)58)40-28-31-45(32-29-40)59(43-19-6-2-7-20-43)44-21-8-3-9-22-44/h1-38H. The Balaban J connectivity index is 1.15. The van der Waals surface area contributed by atoms with E-state index in [4.69, 9.17) is 0 Å². The van der Waals surface area contributed by atoms with Crippen molar-refractivity contribution in [2.75, 3.05) is 4.90 Å². The van der Waals surface area contributed by atoms with Gasteiger partial charge in [-0.1, -0.05) is 170 Å². The molecule has 12 aromatic rings. The zero-order valence-corrected chi connectivity index (χ0v) is 32.8. The van der Waals surface area contributed by atoms with E-state index < -0.39 is 0 Å². The van der Waals surface area contributed by atoms with Gasteiger partial charge in [-0.25, -0.2) is 0 Å². The van der Waals surface area contributed by atoms with Crippen molar-refractivity contribution in [2.45, 2.75) is 0 Å². The van der Waals surface area contributed by atoms with Gasteiger partial charge in [0, 0.05) is 38.9 Å². The predicted molar refractivity (Wildman–Crippen MR) is 256 cm³/mol. The molecule has 1 aromatic heterocycles. The van der Waals surface area contributed by atoms with Crippen LogP contribution in [0.1, 0.15) is 0 Å². The van der Waals surface area contributed by atoms with E-state index in [0.29, 0.717) is 0 Å². The second kappa shape index (κ2) is 13.9. The van der Waals surface area contributed by atoms with Crippen molar-refractivity contribution in [2.24, 2.45) is 0 Å².